The van der Waals surface area contributed by atoms with Gasteiger partial charge in [-0.25, -0.2) is 18.4 Å². The Morgan fingerprint density at radius 3 is 2.21 bits per heavy atom. The lowest BCUT2D eigenvalue weighted by atomic mass is 10.2. The van der Waals surface area contributed by atoms with E-state index in [0.717, 1.165) is 22.5 Å². The van der Waals surface area contributed by atoms with Crippen molar-refractivity contribution in [1.82, 2.24) is 15.0 Å². The molecule has 0 atom stereocenters. The molecule has 0 fully saturated rings. The third-order valence-electron chi connectivity index (χ3n) is 4.22. The molecule has 0 saturated carbocycles. The summed E-state index contributed by atoms with van der Waals surface area (Å²) in [4.78, 5) is 13.2. The van der Waals surface area contributed by atoms with Gasteiger partial charge < -0.3 is 5.32 Å². The van der Waals surface area contributed by atoms with Gasteiger partial charge in [0.1, 0.15) is 5.82 Å². The van der Waals surface area contributed by atoms with E-state index >= 15 is 0 Å². The Kier molecular flexibility index (Phi) is 5.89. The van der Waals surface area contributed by atoms with E-state index in [9.17, 15) is 8.42 Å². The van der Waals surface area contributed by atoms with Gasteiger partial charge >= 0.3 is 0 Å². The maximum atomic E-state index is 11.9. The minimum Gasteiger partial charge on any atom is -0.340 e. The molecule has 7 nitrogen and oxygen atoms in total. The van der Waals surface area contributed by atoms with E-state index in [1.54, 1.807) is 24.5 Å². The van der Waals surface area contributed by atoms with Crippen LogP contribution in [0.5, 0.6) is 0 Å². The fraction of sp³-hybridized carbons (Fsp3) is 0.250. The molecule has 1 aromatic carbocycles. The summed E-state index contributed by atoms with van der Waals surface area (Å²) in [6.45, 7) is 5.73. The van der Waals surface area contributed by atoms with Crippen molar-refractivity contribution in [2.75, 3.05) is 15.8 Å². The van der Waals surface area contributed by atoms with Crippen molar-refractivity contribution in [3.63, 3.8) is 0 Å². The predicted molar refractivity (Wildman–Crippen MR) is 112 cm³/mol. The van der Waals surface area contributed by atoms with Crippen LogP contribution in [0.3, 0.4) is 0 Å². The maximum Gasteiger partial charge on any atom is 0.232 e. The highest BCUT2D eigenvalue weighted by molar-refractivity contribution is 7.92. The fourth-order valence-corrected chi connectivity index (χ4v) is 3.77. The van der Waals surface area contributed by atoms with Gasteiger partial charge in [0.05, 0.1) is 5.75 Å². The fourth-order valence-electron chi connectivity index (χ4n) is 2.64. The van der Waals surface area contributed by atoms with Gasteiger partial charge in [-0.15, -0.1) is 0 Å². The van der Waals surface area contributed by atoms with E-state index in [1.165, 1.54) is 0 Å². The molecule has 146 valence electrons. The SMILES string of the molecule is CCCS(=O)(=O)Nc1ccc(Nc2nc(-c3ccncc3)nc(C)c2C)cc1. The summed E-state index contributed by atoms with van der Waals surface area (Å²) in [5, 5.41) is 3.29. The first-order valence-corrected chi connectivity index (χ1v) is 10.7. The van der Waals surface area contributed by atoms with E-state index in [-0.39, 0.29) is 5.75 Å². The monoisotopic (exact) mass is 397 g/mol. The highest BCUT2D eigenvalue weighted by Crippen LogP contribution is 2.25. The summed E-state index contributed by atoms with van der Waals surface area (Å²) in [5.74, 6) is 1.43. The Morgan fingerprint density at radius 1 is 0.929 bits per heavy atom. The Morgan fingerprint density at radius 2 is 1.57 bits per heavy atom. The number of pyridine rings is 1. The predicted octanol–water partition coefficient (Wildman–Crippen LogP) is 4.05. The molecule has 28 heavy (non-hydrogen) atoms. The molecule has 0 unspecified atom stereocenters. The summed E-state index contributed by atoms with van der Waals surface area (Å²) in [7, 11) is -3.30. The highest BCUT2D eigenvalue weighted by Gasteiger charge is 2.11. The lowest BCUT2D eigenvalue weighted by Crippen LogP contribution is -2.15. The molecule has 2 heterocycles. The second-order valence-electron chi connectivity index (χ2n) is 6.47. The summed E-state index contributed by atoms with van der Waals surface area (Å²) >= 11 is 0. The number of anilines is 3. The van der Waals surface area contributed by atoms with E-state index in [0.29, 0.717) is 23.8 Å². The Balaban J connectivity index is 1.83. The van der Waals surface area contributed by atoms with E-state index < -0.39 is 10.0 Å². The second-order valence-corrected chi connectivity index (χ2v) is 8.31. The zero-order valence-corrected chi connectivity index (χ0v) is 16.9. The first-order valence-electron chi connectivity index (χ1n) is 9.01. The first-order chi connectivity index (χ1) is 13.4. The van der Waals surface area contributed by atoms with Crippen molar-refractivity contribution in [2.24, 2.45) is 0 Å². The lowest BCUT2D eigenvalue weighted by molar-refractivity contribution is 0.600. The Bertz CT molecular complexity index is 1050. The molecule has 0 aliphatic rings. The summed E-state index contributed by atoms with van der Waals surface area (Å²) in [5.41, 5.74) is 4.06. The minimum atomic E-state index is -3.30. The van der Waals surface area contributed by atoms with Crippen LogP contribution in [0.2, 0.25) is 0 Å². The average Bonchev–Trinajstić information content (AvgIpc) is 2.67. The highest BCUT2D eigenvalue weighted by atomic mass is 32.2. The number of aryl methyl sites for hydroxylation is 1. The standard InChI is InChI=1S/C20H23N5O2S/c1-4-13-28(26,27)25-18-7-5-17(6-8-18)23-19-14(2)15(3)22-20(24-19)16-9-11-21-12-10-16/h5-12,25H,4,13H2,1-3H3,(H,22,23,24). The number of nitrogens with one attached hydrogen (secondary N) is 2. The molecule has 2 aromatic heterocycles. The number of aromatic nitrogens is 3. The number of hydrogen-bond donors (Lipinski definition) is 2. The third-order valence-corrected chi connectivity index (χ3v) is 5.71. The van der Waals surface area contributed by atoms with Gasteiger partial charge in [-0.05, 0) is 56.7 Å². The molecule has 8 heteroatoms. The van der Waals surface area contributed by atoms with Crippen LogP contribution in [0.25, 0.3) is 11.4 Å². The molecule has 3 rings (SSSR count). The molecule has 0 amide bonds. The molecule has 0 aliphatic carbocycles. The van der Waals surface area contributed by atoms with Crippen molar-refractivity contribution in [3.05, 3.63) is 60.0 Å². The van der Waals surface area contributed by atoms with Gasteiger partial charge in [-0.1, -0.05) is 6.92 Å². The summed E-state index contributed by atoms with van der Waals surface area (Å²) in [6, 6.07) is 10.8. The topological polar surface area (TPSA) is 96.9 Å². The molecule has 0 bridgehead atoms. The number of hydrogen-bond acceptors (Lipinski definition) is 6. The molecule has 0 spiro atoms. The minimum absolute atomic E-state index is 0.101. The Labute approximate surface area is 165 Å². The van der Waals surface area contributed by atoms with Gasteiger partial charge in [-0.2, -0.15) is 0 Å². The van der Waals surface area contributed by atoms with Gasteiger partial charge in [-0.3, -0.25) is 9.71 Å². The van der Waals surface area contributed by atoms with Crippen LogP contribution >= 0.6 is 0 Å². The van der Waals surface area contributed by atoms with Crippen LogP contribution in [-0.2, 0) is 10.0 Å². The second kappa shape index (κ2) is 8.35. The Hall–Kier alpha value is -3.00. The lowest BCUT2D eigenvalue weighted by Gasteiger charge is -2.13. The number of benzene rings is 1. The van der Waals surface area contributed by atoms with E-state index in [4.69, 9.17) is 0 Å². The van der Waals surface area contributed by atoms with Crippen molar-refractivity contribution in [2.45, 2.75) is 27.2 Å². The first kappa shape index (κ1) is 19.8. The van der Waals surface area contributed by atoms with Crippen molar-refractivity contribution in [3.8, 4) is 11.4 Å². The van der Waals surface area contributed by atoms with Crippen LogP contribution < -0.4 is 10.0 Å². The van der Waals surface area contributed by atoms with Crippen molar-refractivity contribution in [1.29, 1.82) is 0 Å². The quantitative estimate of drug-likeness (QED) is 0.624. The molecule has 3 aromatic rings. The van der Waals surface area contributed by atoms with Crippen molar-refractivity contribution >= 4 is 27.2 Å². The zero-order valence-electron chi connectivity index (χ0n) is 16.1. The molecule has 2 N–H and O–H groups in total. The third kappa shape index (κ3) is 4.83. The molecule has 0 radical (unpaired) electrons. The number of rotatable bonds is 7. The van der Waals surface area contributed by atoms with Crippen LogP contribution in [0, 0.1) is 13.8 Å². The number of nitrogens with zero attached hydrogens (tertiary/aromatic N) is 3. The summed E-state index contributed by atoms with van der Waals surface area (Å²) < 4.78 is 26.3. The molecular weight excluding hydrogens is 374 g/mol. The van der Waals surface area contributed by atoms with Crippen LogP contribution in [-0.4, -0.2) is 29.1 Å². The molecular formula is C20H23N5O2S. The van der Waals surface area contributed by atoms with Gasteiger partial charge in [0, 0.05) is 40.6 Å². The van der Waals surface area contributed by atoms with Crippen LogP contribution in [0.1, 0.15) is 24.6 Å². The largest absolute Gasteiger partial charge is 0.340 e. The number of sulfonamides is 1. The molecule has 0 saturated heterocycles. The van der Waals surface area contributed by atoms with Gasteiger partial charge in [0.25, 0.3) is 0 Å². The summed E-state index contributed by atoms with van der Waals surface area (Å²) in [6.07, 6.45) is 3.99. The van der Waals surface area contributed by atoms with Crippen LogP contribution in [0.4, 0.5) is 17.2 Å². The normalized spacial score (nSPS) is 11.2. The smallest absolute Gasteiger partial charge is 0.232 e. The van der Waals surface area contributed by atoms with Crippen molar-refractivity contribution < 1.29 is 8.42 Å². The molecule has 0 aliphatic heterocycles. The van der Waals surface area contributed by atoms with Gasteiger partial charge in [0.2, 0.25) is 10.0 Å². The van der Waals surface area contributed by atoms with Gasteiger partial charge in [0.15, 0.2) is 5.82 Å². The van der Waals surface area contributed by atoms with E-state index in [2.05, 4.69) is 25.0 Å². The zero-order chi connectivity index (χ0) is 20.1. The van der Waals surface area contributed by atoms with E-state index in [1.807, 2.05) is 45.0 Å². The average molecular weight is 398 g/mol. The maximum absolute atomic E-state index is 11.9. The van der Waals surface area contributed by atoms with Crippen LogP contribution in [0.15, 0.2) is 48.8 Å².